The van der Waals surface area contributed by atoms with Crippen LogP contribution in [-0.2, 0) is 4.79 Å². The maximum Gasteiger partial charge on any atom is 0.222 e. The van der Waals surface area contributed by atoms with Gasteiger partial charge in [-0.15, -0.1) is 0 Å². The van der Waals surface area contributed by atoms with Crippen LogP contribution in [0.25, 0.3) is 0 Å². The Balaban J connectivity index is 1.89. The molecule has 1 aliphatic heterocycles. The van der Waals surface area contributed by atoms with Crippen LogP contribution in [0.3, 0.4) is 0 Å². The number of hydrogen-bond donors (Lipinski definition) is 4. The first-order chi connectivity index (χ1) is 14.5. The van der Waals surface area contributed by atoms with Gasteiger partial charge >= 0.3 is 0 Å². The predicted molar refractivity (Wildman–Crippen MR) is 116 cm³/mol. The van der Waals surface area contributed by atoms with Crippen molar-refractivity contribution in [3.05, 3.63) is 71.8 Å². The van der Waals surface area contributed by atoms with Crippen LogP contribution >= 0.6 is 0 Å². The van der Waals surface area contributed by atoms with Crippen LogP contribution in [0, 0.1) is 5.92 Å². The van der Waals surface area contributed by atoms with E-state index in [1.807, 2.05) is 48.2 Å². The van der Waals surface area contributed by atoms with E-state index in [9.17, 15) is 20.1 Å². The summed E-state index contributed by atoms with van der Waals surface area (Å²) in [6, 6.07) is 19.1. The summed E-state index contributed by atoms with van der Waals surface area (Å²) >= 11 is 0. The number of nitrogens with two attached hydrogens (primary N) is 1. The molecule has 5 unspecified atom stereocenters. The first-order valence-electron chi connectivity index (χ1n) is 10.6. The van der Waals surface area contributed by atoms with E-state index in [-0.39, 0.29) is 12.5 Å². The van der Waals surface area contributed by atoms with E-state index < -0.39 is 36.1 Å². The van der Waals surface area contributed by atoms with Gasteiger partial charge in [0, 0.05) is 5.92 Å². The number of nitrogens with zero attached hydrogens (tertiary/aromatic N) is 1. The highest BCUT2D eigenvalue weighted by molar-refractivity contribution is 5.77. The third-order valence-electron chi connectivity index (χ3n) is 6.39. The lowest BCUT2D eigenvalue weighted by atomic mass is 9.87. The average Bonchev–Trinajstić information content (AvgIpc) is 3.00. The normalized spacial score (nSPS) is 25.5. The van der Waals surface area contributed by atoms with Gasteiger partial charge in [0.25, 0.3) is 0 Å². The highest BCUT2D eigenvalue weighted by Gasteiger charge is 2.51. The van der Waals surface area contributed by atoms with E-state index in [2.05, 4.69) is 24.3 Å². The van der Waals surface area contributed by atoms with Crippen LogP contribution in [0.4, 0.5) is 0 Å². The number of likely N-dealkylation sites (tertiary alicyclic amines) is 1. The van der Waals surface area contributed by atoms with Crippen molar-refractivity contribution in [2.75, 3.05) is 13.2 Å². The van der Waals surface area contributed by atoms with Gasteiger partial charge in [-0.3, -0.25) is 9.69 Å². The second-order valence-electron chi connectivity index (χ2n) is 8.04. The first-order valence-corrected chi connectivity index (χ1v) is 10.6. The standard InChI is InChI=1S/C24H32N2O4/c1-2-18(24(25)30)21-23(29)22(28)20(15-27)26(21)14-13-19(16-9-5-3-6-10-16)17-11-7-4-8-12-17/h3-12,18-23,27-29H,2,13-15H2,1H3,(H2,25,30). The van der Waals surface area contributed by atoms with Gasteiger partial charge in [0.15, 0.2) is 0 Å². The summed E-state index contributed by atoms with van der Waals surface area (Å²) in [5.41, 5.74) is 7.94. The van der Waals surface area contributed by atoms with Gasteiger partial charge in [0.1, 0.15) is 0 Å². The second-order valence-corrected chi connectivity index (χ2v) is 8.04. The van der Waals surface area contributed by atoms with Crippen LogP contribution in [0.1, 0.15) is 36.8 Å². The molecule has 5 N–H and O–H groups in total. The number of rotatable bonds is 9. The fourth-order valence-corrected chi connectivity index (χ4v) is 4.83. The van der Waals surface area contributed by atoms with Gasteiger partial charge in [0.2, 0.25) is 5.91 Å². The maximum atomic E-state index is 12.0. The molecule has 6 nitrogen and oxygen atoms in total. The summed E-state index contributed by atoms with van der Waals surface area (Å²) in [5, 5.41) is 31.1. The van der Waals surface area contributed by atoms with Gasteiger partial charge in [-0.25, -0.2) is 0 Å². The summed E-state index contributed by atoms with van der Waals surface area (Å²) in [4.78, 5) is 13.9. The monoisotopic (exact) mass is 412 g/mol. The molecule has 0 aromatic heterocycles. The lowest BCUT2D eigenvalue weighted by molar-refractivity contribution is -0.125. The molecule has 0 radical (unpaired) electrons. The summed E-state index contributed by atoms with van der Waals surface area (Å²) in [6.45, 7) is 2.04. The molecule has 1 aliphatic rings. The maximum absolute atomic E-state index is 12.0. The van der Waals surface area contributed by atoms with Crippen molar-refractivity contribution in [2.45, 2.75) is 50.0 Å². The fraction of sp³-hybridized carbons (Fsp3) is 0.458. The number of hydrogen-bond acceptors (Lipinski definition) is 5. The molecule has 0 saturated carbocycles. The Labute approximate surface area is 178 Å². The Hall–Kier alpha value is -2.25. The van der Waals surface area contributed by atoms with Crippen LogP contribution in [-0.4, -0.2) is 63.6 Å². The van der Waals surface area contributed by atoms with Crippen LogP contribution in [0.2, 0.25) is 0 Å². The van der Waals surface area contributed by atoms with Crippen molar-refractivity contribution in [1.29, 1.82) is 0 Å². The third-order valence-corrected chi connectivity index (χ3v) is 6.39. The molecule has 162 valence electrons. The molecule has 0 aliphatic carbocycles. The molecule has 5 atom stereocenters. The minimum atomic E-state index is -1.13. The Morgan fingerprint density at radius 2 is 1.53 bits per heavy atom. The number of amides is 1. The lowest BCUT2D eigenvalue weighted by Gasteiger charge is -2.34. The topological polar surface area (TPSA) is 107 Å². The summed E-state index contributed by atoms with van der Waals surface area (Å²) in [7, 11) is 0. The number of aliphatic hydroxyl groups is 3. The Morgan fingerprint density at radius 1 is 1.00 bits per heavy atom. The quantitative estimate of drug-likeness (QED) is 0.499. The van der Waals surface area contributed by atoms with E-state index in [4.69, 9.17) is 5.73 Å². The van der Waals surface area contributed by atoms with E-state index >= 15 is 0 Å². The highest BCUT2D eigenvalue weighted by Crippen LogP contribution is 2.34. The molecule has 30 heavy (non-hydrogen) atoms. The lowest BCUT2D eigenvalue weighted by Crippen LogP contribution is -2.49. The SMILES string of the molecule is CCC(C(N)=O)C1C(O)C(O)C(CO)N1CCC(c1ccccc1)c1ccccc1. The van der Waals surface area contributed by atoms with Crippen molar-refractivity contribution in [2.24, 2.45) is 11.7 Å². The predicted octanol–water partition coefficient (Wildman–Crippen LogP) is 1.49. The Kier molecular flexibility index (Phi) is 7.61. The van der Waals surface area contributed by atoms with Crippen molar-refractivity contribution in [1.82, 2.24) is 4.90 Å². The highest BCUT2D eigenvalue weighted by atomic mass is 16.3. The Morgan fingerprint density at radius 3 is 1.97 bits per heavy atom. The van der Waals surface area contributed by atoms with Gasteiger partial charge in [0.05, 0.1) is 36.8 Å². The smallest absolute Gasteiger partial charge is 0.222 e. The van der Waals surface area contributed by atoms with Crippen molar-refractivity contribution in [3.8, 4) is 0 Å². The summed E-state index contributed by atoms with van der Waals surface area (Å²) in [5.74, 6) is -0.992. The zero-order chi connectivity index (χ0) is 21.7. The molecule has 2 aromatic carbocycles. The summed E-state index contributed by atoms with van der Waals surface area (Å²) < 4.78 is 0. The molecule has 3 rings (SSSR count). The number of carbonyl (C=O) groups excluding carboxylic acids is 1. The fourth-order valence-electron chi connectivity index (χ4n) is 4.83. The van der Waals surface area contributed by atoms with E-state index in [1.165, 1.54) is 11.1 Å². The Bertz CT molecular complexity index is 762. The minimum absolute atomic E-state index is 0.107. The average molecular weight is 413 g/mol. The molecular weight excluding hydrogens is 380 g/mol. The number of benzene rings is 2. The largest absolute Gasteiger partial charge is 0.395 e. The second kappa shape index (κ2) is 10.2. The molecular formula is C24H32N2O4. The zero-order valence-electron chi connectivity index (χ0n) is 17.3. The van der Waals surface area contributed by atoms with Crippen molar-refractivity contribution < 1.29 is 20.1 Å². The van der Waals surface area contributed by atoms with Crippen LogP contribution < -0.4 is 5.73 Å². The number of carbonyl (C=O) groups is 1. The molecule has 1 heterocycles. The van der Waals surface area contributed by atoms with Gasteiger partial charge in [-0.1, -0.05) is 67.6 Å². The molecule has 2 aromatic rings. The molecule has 0 bridgehead atoms. The van der Waals surface area contributed by atoms with Crippen LogP contribution in [0.5, 0.6) is 0 Å². The van der Waals surface area contributed by atoms with Gasteiger partial charge in [-0.2, -0.15) is 0 Å². The van der Waals surface area contributed by atoms with Gasteiger partial charge < -0.3 is 21.1 Å². The molecule has 1 fully saturated rings. The third kappa shape index (κ3) is 4.57. The van der Waals surface area contributed by atoms with E-state index in [1.54, 1.807) is 0 Å². The first kappa shape index (κ1) is 22.4. The van der Waals surface area contributed by atoms with Crippen molar-refractivity contribution >= 4 is 5.91 Å². The van der Waals surface area contributed by atoms with E-state index in [0.717, 1.165) is 0 Å². The molecule has 0 spiro atoms. The molecule has 6 heteroatoms. The zero-order valence-corrected chi connectivity index (χ0v) is 17.3. The number of aliphatic hydroxyl groups excluding tert-OH is 3. The minimum Gasteiger partial charge on any atom is -0.395 e. The van der Waals surface area contributed by atoms with E-state index in [0.29, 0.717) is 19.4 Å². The van der Waals surface area contributed by atoms with Crippen molar-refractivity contribution in [3.63, 3.8) is 0 Å². The van der Waals surface area contributed by atoms with Gasteiger partial charge in [-0.05, 0) is 30.5 Å². The number of primary amides is 1. The van der Waals surface area contributed by atoms with Crippen LogP contribution in [0.15, 0.2) is 60.7 Å². The molecule has 1 saturated heterocycles. The molecule has 1 amide bonds. The summed E-state index contributed by atoms with van der Waals surface area (Å²) in [6.07, 6.45) is -1.10.